The maximum Gasteiger partial charge on any atom is 0.411 e. The maximum atomic E-state index is 11.7. The number of fused-ring (bicyclic) bond motifs is 3. The van der Waals surface area contributed by atoms with Crippen LogP contribution >= 0.6 is 0 Å². The number of methoxy groups -OCH3 is 1. The molecule has 150 valence electrons. The molecule has 0 aliphatic carbocycles. The van der Waals surface area contributed by atoms with Gasteiger partial charge in [0.05, 0.1) is 31.2 Å². The van der Waals surface area contributed by atoms with Gasteiger partial charge in [0.2, 0.25) is 0 Å². The smallest absolute Gasteiger partial charge is 0.411 e. The molecule has 10 heteroatoms. The third-order valence-electron chi connectivity index (χ3n) is 4.89. The van der Waals surface area contributed by atoms with Crippen molar-refractivity contribution in [3.63, 3.8) is 0 Å². The van der Waals surface area contributed by atoms with E-state index in [0.717, 1.165) is 23.8 Å². The van der Waals surface area contributed by atoms with Crippen LogP contribution in [0.25, 0.3) is 17.1 Å². The van der Waals surface area contributed by atoms with Crippen LogP contribution in [-0.4, -0.2) is 49.0 Å². The highest BCUT2D eigenvalue weighted by Gasteiger charge is 2.35. The number of nitrogens with zero attached hydrogens (tertiary/aromatic N) is 7. The SMILES string of the molecule is CC[C@@H]1c2nncn2-c2cnc(-c3ccncc3NC(=O)OC)nc2N1C(C)C. The average Bonchev–Trinajstić information content (AvgIpc) is 3.22. The lowest BCUT2D eigenvalue weighted by Crippen LogP contribution is -2.40. The Bertz CT molecular complexity index is 1050. The summed E-state index contributed by atoms with van der Waals surface area (Å²) in [7, 11) is 1.31. The summed E-state index contributed by atoms with van der Waals surface area (Å²) in [6.07, 6.45) is 6.90. The van der Waals surface area contributed by atoms with Crippen molar-refractivity contribution in [1.82, 2.24) is 29.7 Å². The molecule has 3 aromatic heterocycles. The summed E-state index contributed by atoms with van der Waals surface area (Å²) < 4.78 is 6.64. The first kappa shape index (κ1) is 18.8. The molecule has 0 unspecified atom stereocenters. The van der Waals surface area contributed by atoms with Crippen molar-refractivity contribution < 1.29 is 9.53 Å². The highest BCUT2D eigenvalue weighted by Crippen LogP contribution is 2.40. The van der Waals surface area contributed by atoms with Crippen molar-refractivity contribution in [2.45, 2.75) is 39.3 Å². The van der Waals surface area contributed by atoms with E-state index in [2.05, 4.69) is 51.2 Å². The van der Waals surface area contributed by atoms with E-state index in [4.69, 9.17) is 9.72 Å². The van der Waals surface area contributed by atoms with Gasteiger partial charge in [0.15, 0.2) is 17.5 Å². The molecular weight excluding hydrogens is 372 g/mol. The molecule has 0 aromatic carbocycles. The summed E-state index contributed by atoms with van der Waals surface area (Å²) in [6.45, 7) is 6.36. The molecule has 0 bridgehead atoms. The lowest BCUT2D eigenvalue weighted by Gasteiger charge is -2.39. The first-order valence-corrected chi connectivity index (χ1v) is 9.40. The summed E-state index contributed by atoms with van der Waals surface area (Å²) in [6, 6.07) is 2.01. The normalized spacial score (nSPS) is 15.1. The molecule has 0 radical (unpaired) electrons. The van der Waals surface area contributed by atoms with E-state index in [0.29, 0.717) is 17.1 Å². The third kappa shape index (κ3) is 3.16. The number of anilines is 2. The van der Waals surface area contributed by atoms with E-state index in [-0.39, 0.29) is 12.1 Å². The van der Waals surface area contributed by atoms with Gasteiger partial charge in [0.25, 0.3) is 0 Å². The molecule has 1 N–H and O–H groups in total. The number of hydrogen-bond donors (Lipinski definition) is 1. The van der Waals surface area contributed by atoms with Crippen LogP contribution in [0, 0.1) is 0 Å². The largest absolute Gasteiger partial charge is 0.453 e. The summed E-state index contributed by atoms with van der Waals surface area (Å²) >= 11 is 0. The molecule has 0 spiro atoms. The quantitative estimate of drug-likeness (QED) is 0.719. The summed E-state index contributed by atoms with van der Waals surface area (Å²) in [5.41, 5.74) is 1.95. The van der Waals surface area contributed by atoms with Crippen LogP contribution in [0.4, 0.5) is 16.3 Å². The number of pyridine rings is 1. The van der Waals surface area contributed by atoms with E-state index in [1.54, 1.807) is 31.0 Å². The first-order valence-electron chi connectivity index (χ1n) is 9.40. The third-order valence-corrected chi connectivity index (χ3v) is 4.89. The van der Waals surface area contributed by atoms with Crippen molar-refractivity contribution in [3.05, 3.63) is 36.8 Å². The van der Waals surface area contributed by atoms with Crippen molar-refractivity contribution in [1.29, 1.82) is 0 Å². The van der Waals surface area contributed by atoms with Gasteiger partial charge in [-0.15, -0.1) is 10.2 Å². The highest BCUT2D eigenvalue weighted by molar-refractivity contribution is 5.90. The zero-order chi connectivity index (χ0) is 20.5. The second kappa shape index (κ2) is 7.46. The fourth-order valence-electron chi connectivity index (χ4n) is 3.62. The topological polar surface area (TPSA) is 111 Å². The average molecular weight is 394 g/mol. The Morgan fingerprint density at radius 2 is 2.17 bits per heavy atom. The number of aromatic nitrogens is 6. The molecule has 29 heavy (non-hydrogen) atoms. The summed E-state index contributed by atoms with van der Waals surface area (Å²) in [4.78, 5) is 27.4. The Hall–Kier alpha value is -3.56. The fraction of sp³-hybridized carbons (Fsp3) is 0.368. The first-order chi connectivity index (χ1) is 14.0. The van der Waals surface area contributed by atoms with Gasteiger partial charge in [-0.3, -0.25) is 14.9 Å². The van der Waals surface area contributed by atoms with E-state index in [1.807, 2.05) is 4.57 Å². The van der Waals surface area contributed by atoms with Crippen LogP contribution in [-0.2, 0) is 4.74 Å². The van der Waals surface area contributed by atoms with Gasteiger partial charge in [-0.2, -0.15) is 0 Å². The molecule has 0 fully saturated rings. The Labute approximate surface area is 168 Å². The standard InChI is InChI=1S/C19H22N8O2/c1-5-14-18-25-22-10-26(18)15-9-21-16(24-17(15)27(14)11(2)3)12-6-7-20-8-13(12)23-19(28)29-4/h6-11,14H,5H2,1-4H3,(H,23,28)/t14-/m1/s1. The van der Waals surface area contributed by atoms with Gasteiger partial charge in [0.1, 0.15) is 12.0 Å². The van der Waals surface area contributed by atoms with Crippen LogP contribution < -0.4 is 10.2 Å². The van der Waals surface area contributed by atoms with E-state index < -0.39 is 6.09 Å². The molecule has 0 saturated heterocycles. The number of amides is 1. The monoisotopic (exact) mass is 394 g/mol. The number of hydrogen-bond acceptors (Lipinski definition) is 8. The van der Waals surface area contributed by atoms with Crippen LogP contribution in [0.2, 0.25) is 0 Å². The van der Waals surface area contributed by atoms with Gasteiger partial charge in [-0.05, 0) is 26.3 Å². The lowest BCUT2D eigenvalue weighted by atomic mass is 10.1. The number of rotatable bonds is 4. The Kier molecular flexibility index (Phi) is 4.83. The minimum atomic E-state index is -0.582. The van der Waals surface area contributed by atoms with Crippen molar-refractivity contribution in [2.24, 2.45) is 0 Å². The van der Waals surface area contributed by atoms with Crippen molar-refractivity contribution in [2.75, 3.05) is 17.3 Å². The van der Waals surface area contributed by atoms with E-state index >= 15 is 0 Å². The highest BCUT2D eigenvalue weighted by atomic mass is 16.5. The molecule has 0 saturated carbocycles. The Morgan fingerprint density at radius 1 is 1.34 bits per heavy atom. The second-order valence-corrected chi connectivity index (χ2v) is 6.92. The molecule has 1 atom stereocenters. The van der Waals surface area contributed by atoms with Gasteiger partial charge >= 0.3 is 6.09 Å². The van der Waals surface area contributed by atoms with Crippen LogP contribution in [0.5, 0.6) is 0 Å². The second-order valence-electron chi connectivity index (χ2n) is 6.92. The summed E-state index contributed by atoms with van der Waals surface area (Å²) in [5.74, 6) is 2.15. The molecular formula is C19H22N8O2. The van der Waals surface area contributed by atoms with Crippen molar-refractivity contribution in [3.8, 4) is 17.1 Å². The van der Waals surface area contributed by atoms with Crippen LogP contribution in [0.15, 0.2) is 31.0 Å². The predicted octanol–water partition coefficient (Wildman–Crippen LogP) is 2.98. The minimum Gasteiger partial charge on any atom is -0.453 e. The lowest BCUT2D eigenvalue weighted by molar-refractivity contribution is 0.187. The van der Waals surface area contributed by atoms with E-state index in [1.165, 1.54) is 7.11 Å². The molecule has 4 heterocycles. The number of nitrogens with one attached hydrogen (secondary N) is 1. The summed E-state index contributed by atoms with van der Waals surface area (Å²) in [5, 5.41) is 11.1. The molecule has 1 aliphatic rings. The van der Waals surface area contributed by atoms with E-state index in [9.17, 15) is 4.79 Å². The molecule has 1 amide bonds. The van der Waals surface area contributed by atoms with Crippen LogP contribution in [0.3, 0.4) is 0 Å². The van der Waals surface area contributed by atoms with Gasteiger partial charge in [-0.25, -0.2) is 14.8 Å². The Balaban J connectivity index is 1.86. The molecule has 10 nitrogen and oxygen atoms in total. The van der Waals surface area contributed by atoms with Gasteiger partial charge in [0, 0.05) is 17.8 Å². The van der Waals surface area contributed by atoms with Crippen molar-refractivity contribution >= 4 is 17.6 Å². The minimum absolute atomic E-state index is 0.0536. The number of carbonyl (C=O) groups is 1. The predicted molar refractivity (Wildman–Crippen MR) is 107 cm³/mol. The molecule has 3 aromatic rings. The zero-order valence-corrected chi connectivity index (χ0v) is 16.7. The maximum absolute atomic E-state index is 11.7. The van der Waals surface area contributed by atoms with Gasteiger partial charge in [-0.1, -0.05) is 6.92 Å². The zero-order valence-electron chi connectivity index (χ0n) is 16.7. The van der Waals surface area contributed by atoms with Crippen LogP contribution in [0.1, 0.15) is 39.1 Å². The number of ether oxygens (including phenoxy) is 1. The fourth-order valence-corrected chi connectivity index (χ4v) is 3.62. The number of carbonyl (C=O) groups excluding carboxylic acids is 1. The van der Waals surface area contributed by atoms with Gasteiger partial charge < -0.3 is 9.64 Å². The molecule has 1 aliphatic heterocycles. The molecule has 4 rings (SSSR count). The Morgan fingerprint density at radius 3 is 2.90 bits per heavy atom.